The zero-order chi connectivity index (χ0) is 26.8. The van der Waals surface area contributed by atoms with Gasteiger partial charge in [-0.1, -0.05) is 6.58 Å². The first-order valence-electron chi connectivity index (χ1n) is 13.0. The number of anilines is 3. The number of nitrogens with zero attached hydrogens (tertiary/aromatic N) is 6. The number of aromatic nitrogens is 3. The van der Waals surface area contributed by atoms with Gasteiger partial charge in [-0.25, -0.2) is 4.98 Å². The Morgan fingerprint density at radius 2 is 2.00 bits per heavy atom. The van der Waals surface area contributed by atoms with Crippen LogP contribution in [0.25, 0.3) is 11.0 Å². The molecule has 1 atom stereocenters. The highest BCUT2D eigenvalue weighted by Gasteiger charge is 2.26. The van der Waals surface area contributed by atoms with Gasteiger partial charge >= 0.3 is 0 Å². The van der Waals surface area contributed by atoms with Crippen LogP contribution in [0.2, 0.25) is 0 Å². The van der Waals surface area contributed by atoms with Crippen LogP contribution in [-0.4, -0.2) is 83.7 Å². The van der Waals surface area contributed by atoms with Gasteiger partial charge in [0.2, 0.25) is 11.9 Å². The van der Waals surface area contributed by atoms with Gasteiger partial charge in [-0.15, -0.1) is 0 Å². The van der Waals surface area contributed by atoms with Crippen LogP contribution >= 0.6 is 0 Å². The van der Waals surface area contributed by atoms with Gasteiger partial charge in [-0.3, -0.25) is 14.2 Å². The Hall–Kier alpha value is -3.92. The van der Waals surface area contributed by atoms with E-state index in [0.717, 1.165) is 54.9 Å². The fourth-order valence-electron chi connectivity index (χ4n) is 5.27. The number of aryl methyl sites for hydroxylation is 1. The molecule has 2 fully saturated rings. The molecule has 0 radical (unpaired) electrons. The molecule has 2 aliphatic heterocycles. The van der Waals surface area contributed by atoms with E-state index in [0.29, 0.717) is 37.0 Å². The van der Waals surface area contributed by atoms with Crippen LogP contribution in [0.1, 0.15) is 12.0 Å². The monoisotopic (exact) mass is 517 g/mol. The van der Waals surface area contributed by atoms with Gasteiger partial charge in [0.05, 0.1) is 12.8 Å². The summed E-state index contributed by atoms with van der Waals surface area (Å²) in [6.07, 6.45) is 3.92. The summed E-state index contributed by atoms with van der Waals surface area (Å²) in [5.74, 6) is 1.17. The first-order valence-corrected chi connectivity index (χ1v) is 13.0. The Morgan fingerprint density at radius 3 is 2.74 bits per heavy atom. The molecule has 38 heavy (non-hydrogen) atoms. The van der Waals surface area contributed by atoms with Crippen molar-refractivity contribution < 1.29 is 9.53 Å². The maximum atomic E-state index is 13.0. The van der Waals surface area contributed by atoms with Crippen molar-refractivity contribution in [2.45, 2.75) is 19.9 Å². The number of hydrogen-bond donors (Lipinski definition) is 1. The third-order valence-electron chi connectivity index (χ3n) is 7.57. The Labute approximate surface area is 222 Å². The van der Waals surface area contributed by atoms with Gasteiger partial charge in [0.15, 0.2) is 0 Å². The number of ether oxygens (including phenoxy) is 1. The van der Waals surface area contributed by atoms with E-state index in [4.69, 9.17) is 9.72 Å². The molecular formula is C28H35N7O3. The van der Waals surface area contributed by atoms with Crippen molar-refractivity contribution in [2.75, 3.05) is 63.6 Å². The van der Waals surface area contributed by atoms with Crippen molar-refractivity contribution in [1.82, 2.24) is 24.3 Å². The average molecular weight is 518 g/mol. The highest BCUT2D eigenvalue weighted by atomic mass is 16.5. The van der Waals surface area contributed by atoms with E-state index < -0.39 is 0 Å². The lowest BCUT2D eigenvalue weighted by Gasteiger charge is -2.34. The van der Waals surface area contributed by atoms with Crippen LogP contribution in [0.3, 0.4) is 0 Å². The summed E-state index contributed by atoms with van der Waals surface area (Å²) in [4.78, 5) is 40.8. The van der Waals surface area contributed by atoms with E-state index >= 15 is 0 Å². The van der Waals surface area contributed by atoms with E-state index in [1.165, 1.54) is 6.08 Å². The third-order valence-corrected chi connectivity index (χ3v) is 7.57. The van der Waals surface area contributed by atoms with Crippen LogP contribution in [0.15, 0.2) is 47.9 Å². The number of benzene rings is 1. The molecule has 10 nitrogen and oxygen atoms in total. The lowest BCUT2D eigenvalue weighted by Crippen LogP contribution is -2.44. The molecule has 3 aromatic rings. The van der Waals surface area contributed by atoms with Crippen LogP contribution in [-0.2, 0) is 11.3 Å². The number of rotatable bonds is 7. The zero-order valence-electron chi connectivity index (χ0n) is 22.3. The molecule has 2 aliphatic rings. The third kappa shape index (κ3) is 5.22. The molecule has 1 unspecified atom stereocenters. The highest BCUT2D eigenvalue weighted by Crippen LogP contribution is 2.32. The fourth-order valence-corrected chi connectivity index (χ4v) is 5.27. The van der Waals surface area contributed by atoms with Gasteiger partial charge in [0.25, 0.3) is 5.56 Å². The molecule has 0 spiro atoms. The molecule has 1 amide bonds. The number of fused-ring (bicyclic) bond motifs is 1. The summed E-state index contributed by atoms with van der Waals surface area (Å²) in [5, 5.41) is 4.11. The number of piperazine rings is 1. The summed E-state index contributed by atoms with van der Waals surface area (Å²) in [6, 6.07) is 7.71. The molecule has 2 aromatic heterocycles. The molecule has 0 saturated carbocycles. The molecular weight excluding hydrogens is 482 g/mol. The second kappa shape index (κ2) is 10.8. The number of pyridine rings is 1. The number of likely N-dealkylation sites (N-methyl/N-ethyl adjacent to an activating group) is 1. The number of methoxy groups -OCH3 is 1. The Bertz CT molecular complexity index is 1410. The second-order valence-electron chi connectivity index (χ2n) is 10.2. The molecule has 1 aromatic carbocycles. The van der Waals surface area contributed by atoms with Crippen molar-refractivity contribution in [3.8, 4) is 5.75 Å². The van der Waals surface area contributed by atoms with Crippen molar-refractivity contribution in [1.29, 1.82) is 0 Å². The number of hydrogen-bond acceptors (Lipinski definition) is 8. The minimum Gasteiger partial charge on any atom is -0.494 e. The topological polar surface area (TPSA) is 95.8 Å². The summed E-state index contributed by atoms with van der Waals surface area (Å²) in [5.41, 5.74) is 3.17. The van der Waals surface area contributed by atoms with Crippen LogP contribution in [0.4, 0.5) is 17.3 Å². The number of amides is 1. The van der Waals surface area contributed by atoms with Gasteiger partial charge in [-0.2, -0.15) is 4.98 Å². The van der Waals surface area contributed by atoms with E-state index in [-0.39, 0.29) is 17.4 Å². The molecule has 0 bridgehead atoms. The van der Waals surface area contributed by atoms with Crippen molar-refractivity contribution >= 4 is 34.3 Å². The normalized spacial score (nSPS) is 18.1. The number of nitrogens with one attached hydrogen (secondary N) is 1. The Kier molecular flexibility index (Phi) is 7.33. The van der Waals surface area contributed by atoms with Crippen molar-refractivity contribution in [3.05, 3.63) is 59.0 Å². The SMILES string of the molecule is C=CC(=O)N1CCC(Cn2c(=O)cc(C)c3cnc(Nc4ccc(N5CCN(C)CC5)cc4OC)nc32)C1. The molecule has 10 heteroatoms. The van der Waals surface area contributed by atoms with E-state index in [9.17, 15) is 9.59 Å². The molecule has 4 heterocycles. The van der Waals surface area contributed by atoms with Gasteiger partial charge < -0.3 is 24.8 Å². The van der Waals surface area contributed by atoms with Gasteiger partial charge in [0, 0.05) is 75.2 Å². The highest BCUT2D eigenvalue weighted by molar-refractivity contribution is 5.87. The predicted molar refractivity (Wildman–Crippen MR) is 149 cm³/mol. The average Bonchev–Trinajstić information content (AvgIpc) is 3.40. The summed E-state index contributed by atoms with van der Waals surface area (Å²) >= 11 is 0. The maximum Gasteiger partial charge on any atom is 0.252 e. The van der Waals surface area contributed by atoms with Crippen molar-refractivity contribution in [2.24, 2.45) is 5.92 Å². The molecule has 200 valence electrons. The summed E-state index contributed by atoms with van der Waals surface area (Å²) in [6.45, 7) is 11.2. The van der Waals surface area contributed by atoms with E-state index in [1.807, 2.05) is 19.1 Å². The Morgan fingerprint density at radius 1 is 1.21 bits per heavy atom. The van der Waals surface area contributed by atoms with Crippen LogP contribution in [0, 0.1) is 12.8 Å². The lowest BCUT2D eigenvalue weighted by atomic mass is 10.1. The smallest absolute Gasteiger partial charge is 0.252 e. The minimum atomic E-state index is -0.109. The minimum absolute atomic E-state index is 0.0741. The predicted octanol–water partition coefficient (Wildman–Crippen LogP) is 2.64. The number of carbonyl (C=O) groups is 1. The largest absolute Gasteiger partial charge is 0.494 e. The first-order chi connectivity index (χ1) is 18.4. The Balaban J connectivity index is 1.41. The standard InChI is InChI=1S/C28H35N7O3/c1-5-25(36)34-9-8-20(17-34)18-35-26(37)14-19(2)22-16-29-28(31-27(22)35)30-23-7-6-21(15-24(23)38-4)33-12-10-32(3)11-13-33/h5-7,14-16,20H,1,8-13,17-18H2,2-4H3,(H,29,30,31). The number of likely N-dealkylation sites (tertiary alicyclic amines) is 1. The molecule has 5 rings (SSSR count). The number of carbonyl (C=O) groups excluding carboxylic acids is 1. The van der Waals surface area contributed by atoms with Crippen molar-refractivity contribution in [3.63, 3.8) is 0 Å². The fraction of sp³-hybridized carbons (Fsp3) is 0.429. The van der Waals surface area contributed by atoms with Crippen LogP contribution < -0.4 is 20.5 Å². The lowest BCUT2D eigenvalue weighted by molar-refractivity contribution is -0.125. The summed E-state index contributed by atoms with van der Waals surface area (Å²) < 4.78 is 7.40. The first kappa shape index (κ1) is 25.7. The van der Waals surface area contributed by atoms with Gasteiger partial charge in [0.1, 0.15) is 11.4 Å². The zero-order valence-corrected chi connectivity index (χ0v) is 22.3. The molecule has 1 N–H and O–H groups in total. The van der Waals surface area contributed by atoms with Gasteiger partial charge in [-0.05, 0) is 50.1 Å². The maximum absolute atomic E-state index is 13.0. The second-order valence-corrected chi connectivity index (χ2v) is 10.2. The van der Waals surface area contributed by atoms with Crippen LogP contribution in [0.5, 0.6) is 5.75 Å². The van der Waals surface area contributed by atoms with E-state index in [2.05, 4.69) is 39.8 Å². The molecule has 2 saturated heterocycles. The quantitative estimate of drug-likeness (QED) is 0.478. The molecule has 0 aliphatic carbocycles. The summed E-state index contributed by atoms with van der Waals surface area (Å²) in [7, 11) is 3.79. The van der Waals surface area contributed by atoms with E-state index in [1.54, 1.807) is 28.8 Å².